The van der Waals surface area contributed by atoms with E-state index in [2.05, 4.69) is 15.0 Å². The van der Waals surface area contributed by atoms with Crippen LogP contribution in [0.15, 0.2) is 18.5 Å². The highest BCUT2D eigenvalue weighted by Gasteiger charge is 2.26. The van der Waals surface area contributed by atoms with Crippen LogP contribution in [0.3, 0.4) is 0 Å². The fraction of sp³-hybridized carbons (Fsp3) is 0.500. The summed E-state index contributed by atoms with van der Waals surface area (Å²) >= 11 is 0. The summed E-state index contributed by atoms with van der Waals surface area (Å²) in [6.45, 7) is 4.01. The molecule has 6 heteroatoms. The molecule has 2 aromatic heterocycles. The molecule has 1 fully saturated rings. The molecule has 20 heavy (non-hydrogen) atoms. The Kier molecular flexibility index (Phi) is 3.54. The van der Waals surface area contributed by atoms with Crippen LogP contribution in [0, 0.1) is 0 Å². The summed E-state index contributed by atoms with van der Waals surface area (Å²) in [4.78, 5) is 18.7. The molecule has 3 rings (SSSR count). The lowest BCUT2D eigenvalue weighted by molar-refractivity contribution is 0.0529. The zero-order valence-corrected chi connectivity index (χ0v) is 11.6. The molecule has 0 unspecified atom stereocenters. The molecule has 0 N–H and O–H groups in total. The topological polar surface area (TPSA) is 59.7 Å². The van der Waals surface area contributed by atoms with Crippen LogP contribution in [-0.2, 0) is 4.74 Å². The number of nitrogens with zero attached hydrogens (tertiary/aromatic N) is 4. The summed E-state index contributed by atoms with van der Waals surface area (Å²) in [6, 6.07) is 1.80. The van der Waals surface area contributed by atoms with Gasteiger partial charge in [-0.05, 0) is 32.3 Å². The third-order valence-electron chi connectivity index (χ3n) is 3.51. The second-order valence-corrected chi connectivity index (χ2v) is 4.85. The van der Waals surface area contributed by atoms with E-state index < -0.39 is 0 Å². The molecule has 0 saturated carbocycles. The van der Waals surface area contributed by atoms with Crippen LogP contribution in [0.4, 0.5) is 5.82 Å². The van der Waals surface area contributed by atoms with Crippen molar-refractivity contribution in [3.63, 3.8) is 0 Å². The van der Waals surface area contributed by atoms with Gasteiger partial charge in [0, 0.05) is 25.5 Å². The number of carbonyl (C=O) groups excluding carboxylic acids is 1. The lowest BCUT2D eigenvalue weighted by Crippen LogP contribution is -2.31. The Morgan fingerprint density at radius 3 is 2.90 bits per heavy atom. The zero-order chi connectivity index (χ0) is 13.9. The molecule has 1 aliphatic rings. The van der Waals surface area contributed by atoms with Crippen molar-refractivity contribution in [2.24, 2.45) is 0 Å². The van der Waals surface area contributed by atoms with Crippen LogP contribution in [0.5, 0.6) is 0 Å². The average molecular weight is 274 g/mol. The third kappa shape index (κ3) is 2.21. The Labute approximate surface area is 117 Å². The van der Waals surface area contributed by atoms with Gasteiger partial charge in [-0.15, -0.1) is 5.10 Å². The van der Waals surface area contributed by atoms with Crippen molar-refractivity contribution in [3.05, 3.63) is 24.0 Å². The largest absolute Gasteiger partial charge is 0.462 e. The number of esters is 1. The molecule has 0 atom stereocenters. The molecule has 1 aliphatic heterocycles. The number of anilines is 1. The van der Waals surface area contributed by atoms with E-state index in [-0.39, 0.29) is 5.97 Å². The molecule has 0 spiro atoms. The number of hydrogen-bond acceptors (Lipinski definition) is 5. The van der Waals surface area contributed by atoms with Crippen molar-refractivity contribution in [1.29, 1.82) is 0 Å². The molecule has 0 radical (unpaired) electrons. The van der Waals surface area contributed by atoms with Crippen LogP contribution in [-0.4, -0.2) is 40.3 Å². The zero-order valence-electron chi connectivity index (χ0n) is 11.6. The highest BCUT2D eigenvalue weighted by atomic mass is 16.5. The standard InChI is InChI=1S/C14H18N4O2/c1-2-20-14(19)11-12-15-7-6-10-18(12)16-13(11)17-8-4-3-5-9-17/h6-7,10H,2-5,8-9H2,1H3. The fourth-order valence-electron chi connectivity index (χ4n) is 2.59. The van der Waals surface area contributed by atoms with E-state index in [4.69, 9.17) is 4.74 Å². The van der Waals surface area contributed by atoms with Crippen LogP contribution in [0.25, 0.3) is 5.65 Å². The first-order valence-electron chi connectivity index (χ1n) is 7.06. The summed E-state index contributed by atoms with van der Waals surface area (Å²) < 4.78 is 6.82. The van der Waals surface area contributed by atoms with Crippen molar-refractivity contribution < 1.29 is 9.53 Å². The van der Waals surface area contributed by atoms with Crippen molar-refractivity contribution >= 4 is 17.4 Å². The molecular formula is C14H18N4O2. The van der Waals surface area contributed by atoms with Gasteiger partial charge in [0.1, 0.15) is 5.56 Å². The molecule has 106 valence electrons. The van der Waals surface area contributed by atoms with Crippen molar-refractivity contribution in [2.45, 2.75) is 26.2 Å². The first-order chi connectivity index (χ1) is 9.81. The van der Waals surface area contributed by atoms with Crippen LogP contribution in [0.1, 0.15) is 36.5 Å². The molecule has 6 nitrogen and oxygen atoms in total. The van der Waals surface area contributed by atoms with Crippen molar-refractivity contribution in [2.75, 3.05) is 24.6 Å². The number of fused-ring (bicyclic) bond motifs is 1. The predicted octanol–water partition coefficient (Wildman–Crippen LogP) is 1.90. The van der Waals surface area contributed by atoms with E-state index in [1.165, 1.54) is 6.42 Å². The van der Waals surface area contributed by atoms with E-state index in [1.54, 1.807) is 29.9 Å². The Hall–Kier alpha value is -2.11. The average Bonchev–Trinajstić information content (AvgIpc) is 2.88. The summed E-state index contributed by atoms with van der Waals surface area (Å²) in [6.07, 6.45) is 6.96. The molecule has 3 heterocycles. The van der Waals surface area contributed by atoms with E-state index in [1.807, 2.05) is 0 Å². The van der Waals surface area contributed by atoms with Gasteiger partial charge in [0.2, 0.25) is 0 Å². The maximum Gasteiger partial charge on any atom is 0.345 e. The predicted molar refractivity (Wildman–Crippen MR) is 75.0 cm³/mol. The number of carbonyl (C=O) groups is 1. The van der Waals surface area contributed by atoms with Gasteiger partial charge in [0.15, 0.2) is 11.5 Å². The molecule has 0 aliphatic carbocycles. The molecule has 1 saturated heterocycles. The van der Waals surface area contributed by atoms with Crippen molar-refractivity contribution in [3.8, 4) is 0 Å². The molecule has 0 aromatic carbocycles. The second kappa shape index (κ2) is 5.48. The molecular weight excluding hydrogens is 256 g/mol. The summed E-state index contributed by atoms with van der Waals surface area (Å²) in [5, 5.41) is 4.52. The van der Waals surface area contributed by atoms with Gasteiger partial charge in [-0.3, -0.25) is 0 Å². The second-order valence-electron chi connectivity index (χ2n) is 4.85. The minimum absolute atomic E-state index is 0.346. The summed E-state index contributed by atoms with van der Waals surface area (Å²) in [5.74, 6) is 0.351. The third-order valence-corrected chi connectivity index (χ3v) is 3.51. The van der Waals surface area contributed by atoms with E-state index in [0.29, 0.717) is 23.6 Å². The summed E-state index contributed by atoms with van der Waals surface area (Å²) in [7, 11) is 0. The highest BCUT2D eigenvalue weighted by Crippen LogP contribution is 2.26. The number of hydrogen-bond donors (Lipinski definition) is 0. The van der Waals surface area contributed by atoms with E-state index in [9.17, 15) is 4.79 Å². The number of aromatic nitrogens is 3. The van der Waals surface area contributed by atoms with E-state index in [0.717, 1.165) is 25.9 Å². The van der Waals surface area contributed by atoms with Crippen LogP contribution < -0.4 is 4.90 Å². The SMILES string of the molecule is CCOC(=O)c1c(N2CCCCC2)nn2cccnc12. The molecule has 0 bridgehead atoms. The highest BCUT2D eigenvalue weighted by molar-refractivity contribution is 6.01. The molecule has 0 amide bonds. The van der Waals surface area contributed by atoms with Gasteiger partial charge < -0.3 is 9.64 Å². The van der Waals surface area contributed by atoms with Gasteiger partial charge in [-0.2, -0.15) is 0 Å². The molecule has 2 aromatic rings. The normalized spacial score (nSPS) is 15.6. The Balaban J connectivity index is 2.09. The van der Waals surface area contributed by atoms with Gasteiger partial charge in [0.05, 0.1) is 6.61 Å². The summed E-state index contributed by atoms with van der Waals surface area (Å²) in [5.41, 5.74) is 1.04. The fourth-order valence-corrected chi connectivity index (χ4v) is 2.59. The first-order valence-corrected chi connectivity index (χ1v) is 7.06. The lowest BCUT2D eigenvalue weighted by Gasteiger charge is -2.27. The minimum Gasteiger partial charge on any atom is -0.462 e. The number of rotatable bonds is 3. The van der Waals surface area contributed by atoms with E-state index >= 15 is 0 Å². The van der Waals surface area contributed by atoms with Crippen molar-refractivity contribution in [1.82, 2.24) is 14.6 Å². The quantitative estimate of drug-likeness (QED) is 0.800. The van der Waals surface area contributed by atoms with Gasteiger partial charge in [-0.1, -0.05) is 0 Å². The smallest absolute Gasteiger partial charge is 0.345 e. The van der Waals surface area contributed by atoms with Gasteiger partial charge >= 0.3 is 5.97 Å². The van der Waals surface area contributed by atoms with Gasteiger partial charge in [-0.25, -0.2) is 14.3 Å². The first kappa shape index (κ1) is 12.9. The monoisotopic (exact) mass is 274 g/mol. The number of ether oxygens (including phenoxy) is 1. The number of piperidine rings is 1. The Morgan fingerprint density at radius 1 is 1.35 bits per heavy atom. The Morgan fingerprint density at radius 2 is 2.15 bits per heavy atom. The maximum atomic E-state index is 12.2. The van der Waals surface area contributed by atoms with Gasteiger partial charge in [0.25, 0.3) is 0 Å². The Bertz CT molecular complexity index is 617. The minimum atomic E-state index is -0.346. The lowest BCUT2D eigenvalue weighted by atomic mass is 10.1. The maximum absolute atomic E-state index is 12.2. The van der Waals surface area contributed by atoms with Crippen LogP contribution in [0.2, 0.25) is 0 Å². The van der Waals surface area contributed by atoms with Crippen LogP contribution >= 0.6 is 0 Å².